The normalized spacial score (nSPS) is 15.3. The van der Waals surface area contributed by atoms with E-state index in [1.807, 2.05) is 47.8 Å². The molecule has 1 aliphatic carbocycles. The summed E-state index contributed by atoms with van der Waals surface area (Å²) >= 11 is 3.26. The Kier molecular flexibility index (Phi) is 10.1. The van der Waals surface area contributed by atoms with Gasteiger partial charge in [0.25, 0.3) is 0 Å². The maximum atomic E-state index is 4.70. The van der Waals surface area contributed by atoms with Crippen LogP contribution in [0.1, 0.15) is 23.1 Å². The number of benzene rings is 5. The molecule has 65 heavy (non-hydrogen) atoms. The fourth-order valence-electron chi connectivity index (χ4n) is 9.70. The van der Waals surface area contributed by atoms with Crippen molar-refractivity contribution in [3.8, 4) is 38.5 Å². The molecule has 5 aromatic carbocycles. The monoisotopic (exact) mass is 875 g/mol. The van der Waals surface area contributed by atoms with E-state index in [2.05, 4.69) is 173 Å². The van der Waals surface area contributed by atoms with E-state index in [9.17, 15) is 0 Å². The van der Waals surface area contributed by atoms with Crippen molar-refractivity contribution in [3.05, 3.63) is 220 Å². The zero-order valence-electron chi connectivity index (χ0n) is 35.7. The second-order valence-electron chi connectivity index (χ2n) is 16.1. The van der Waals surface area contributed by atoms with E-state index in [0.717, 1.165) is 82.6 Å². The molecule has 6 heterocycles. The van der Waals surface area contributed by atoms with Crippen LogP contribution >= 0.6 is 22.7 Å². The highest BCUT2D eigenvalue weighted by Gasteiger charge is 2.34. The van der Waals surface area contributed by atoms with Crippen LogP contribution in [0.3, 0.4) is 0 Å². The predicted octanol–water partition coefficient (Wildman–Crippen LogP) is 14.6. The molecule has 0 radical (unpaired) electrons. The first-order valence-electron chi connectivity index (χ1n) is 21.3. The number of aliphatic imine (C=N–C) groups is 1. The number of thiazole rings is 2. The topological polar surface area (TPSA) is 94.2 Å². The van der Waals surface area contributed by atoms with Crippen LogP contribution in [0, 0.1) is 6.92 Å². The van der Waals surface area contributed by atoms with Crippen LogP contribution in [-0.2, 0) is 0 Å². The highest BCUT2D eigenvalue weighted by molar-refractivity contribution is 7.13. The summed E-state index contributed by atoms with van der Waals surface area (Å²) < 4.78 is 2.48. The summed E-state index contributed by atoms with van der Waals surface area (Å²) in [7, 11) is 0. The van der Waals surface area contributed by atoms with Crippen LogP contribution in [0.4, 0.5) is 11.4 Å². The molecule has 0 spiro atoms. The van der Waals surface area contributed by atoms with Gasteiger partial charge in [0.1, 0.15) is 10.0 Å². The van der Waals surface area contributed by atoms with Gasteiger partial charge in [-0.3, -0.25) is 9.98 Å². The van der Waals surface area contributed by atoms with E-state index < -0.39 is 0 Å². The number of para-hydroxylation sites is 4. The third-order valence-electron chi connectivity index (χ3n) is 12.4. The lowest BCUT2D eigenvalue weighted by Crippen LogP contribution is -2.34. The number of aryl methyl sites for hydroxylation is 1. The number of anilines is 2. The van der Waals surface area contributed by atoms with Gasteiger partial charge >= 0.3 is 0 Å². The molecule has 12 rings (SSSR count). The Bertz CT molecular complexity index is 3550. The van der Waals surface area contributed by atoms with Crippen molar-refractivity contribution >= 4 is 73.2 Å². The molecule has 2 bridgehead atoms. The van der Waals surface area contributed by atoms with E-state index in [0.29, 0.717) is 0 Å². The first-order chi connectivity index (χ1) is 31.6. The van der Waals surface area contributed by atoms with Crippen molar-refractivity contribution in [2.75, 3.05) is 4.90 Å². The van der Waals surface area contributed by atoms with Gasteiger partial charge in [-0.05, 0) is 102 Å². The number of nitrogens with zero attached hydrogens (tertiary/aromatic N) is 6. The molecule has 1 atom stereocenters. The Morgan fingerprint density at radius 1 is 0.631 bits per heavy atom. The maximum absolute atomic E-state index is 4.70. The minimum atomic E-state index is -0.0620. The molecule has 3 aliphatic rings. The van der Waals surface area contributed by atoms with Gasteiger partial charge in [-0.25, -0.2) is 9.97 Å². The zero-order valence-corrected chi connectivity index (χ0v) is 37.3. The Labute approximate surface area is 385 Å². The SMILES string of the molecule is CC1=CC(C2=CN=CC=C=C2c2nccs2)=CC2=CC1N(c1ccccc1)c1c2cccc1-c1cccc2c3cc(-c4cnccc4-c4nccs4)cc(C)c3n(-c3ccccc3)c12.N. The van der Waals surface area contributed by atoms with Crippen molar-refractivity contribution in [2.45, 2.75) is 19.9 Å². The maximum Gasteiger partial charge on any atom is 0.131 e. The lowest BCUT2D eigenvalue weighted by Gasteiger charge is -2.39. The number of fused-ring (bicyclic) bond motifs is 6. The fourth-order valence-corrected chi connectivity index (χ4v) is 11.0. The Hall–Kier alpha value is -7.78. The molecule has 0 fully saturated rings. The van der Waals surface area contributed by atoms with Crippen LogP contribution in [0.15, 0.2) is 209 Å². The molecule has 7 nitrogen and oxygen atoms in total. The standard InChI is InChI=1S/C56H38N6S2.H3N/c1-35-28-37(49-33-57-22-11-20-46(49)55-59-24-26-63-55)30-39-32-51(35)61(40-12-5-3-6-13-40)53-42(39)16-9-17-43(53)44-18-10-19-45-48-31-38(50-34-58-23-21-47(50)56-60-25-27-64-56)29-36(2)52(48)62(54(44)45)41-14-7-4-8-15-41;/h3-19,21-34,51H,1-2H3;1H3. The number of pyridine rings is 1. The van der Waals surface area contributed by atoms with Crippen LogP contribution in [0.5, 0.6) is 0 Å². The third-order valence-corrected chi connectivity index (χ3v) is 14.0. The molecular weight excluding hydrogens is 835 g/mol. The van der Waals surface area contributed by atoms with Crippen molar-refractivity contribution in [3.63, 3.8) is 0 Å². The van der Waals surface area contributed by atoms with E-state index in [-0.39, 0.29) is 12.2 Å². The predicted molar refractivity (Wildman–Crippen MR) is 273 cm³/mol. The Morgan fingerprint density at radius 3 is 2.15 bits per heavy atom. The summed E-state index contributed by atoms with van der Waals surface area (Å²) in [6.07, 6.45) is 20.3. The number of hydrogen-bond acceptors (Lipinski definition) is 8. The van der Waals surface area contributed by atoms with Gasteiger partial charge in [0.05, 0.1) is 28.3 Å². The van der Waals surface area contributed by atoms with Gasteiger partial charge in [-0.1, -0.05) is 78.9 Å². The van der Waals surface area contributed by atoms with Gasteiger partial charge in [0, 0.05) is 103 Å². The minimum Gasteiger partial charge on any atom is -0.344 e. The van der Waals surface area contributed by atoms with Gasteiger partial charge in [0.2, 0.25) is 0 Å². The summed E-state index contributed by atoms with van der Waals surface area (Å²) in [5, 5.41) is 8.32. The van der Waals surface area contributed by atoms with Gasteiger partial charge in [0.15, 0.2) is 0 Å². The van der Waals surface area contributed by atoms with Crippen LogP contribution in [0.2, 0.25) is 0 Å². The number of hydrogen-bond donors (Lipinski definition) is 1. The molecular formula is C56H41N7S2. The average molecular weight is 876 g/mol. The molecule has 312 valence electrons. The van der Waals surface area contributed by atoms with E-state index in [4.69, 9.17) is 9.97 Å². The lowest BCUT2D eigenvalue weighted by atomic mass is 9.87. The summed E-state index contributed by atoms with van der Waals surface area (Å²) in [4.78, 5) is 21.2. The summed E-state index contributed by atoms with van der Waals surface area (Å²) in [6.45, 7) is 4.49. The second-order valence-corrected chi connectivity index (χ2v) is 17.9. The lowest BCUT2D eigenvalue weighted by molar-refractivity contribution is 0.879. The molecule has 0 saturated heterocycles. The van der Waals surface area contributed by atoms with Gasteiger partial charge in [-0.15, -0.1) is 28.4 Å². The first kappa shape index (κ1) is 40.0. The van der Waals surface area contributed by atoms with Crippen molar-refractivity contribution in [1.82, 2.24) is 25.7 Å². The zero-order chi connectivity index (χ0) is 42.7. The van der Waals surface area contributed by atoms with Crippen LogP contribution in [0.25, 0.3) is 71.5 Å². The summed E-state index contributed by atoms with van der Waals surface area (Å²) in [6, 6.07) is 41.9. The number of aromatic nitrogens is 4. The highest BCUT2D eigenvalue weighted by atomic mass is 32.1. The molecule has 3 N–H and O–H groups in total. The second kappa shape index (κ2) is 16.4. The largest absolute Gasteiger partial charge is 0.344 e. The average Bonchev–Trinajstić information content (AvgIpc) is 4.09. The Morgan fingerprint density at radius 2 is 1.37 bits per heavy atom. The van der Waals surface area contributed by atoms with E-state index >= 15 is 0 Å². The van der Waals surface area contributed by atoms with Crippen molar-refractivity contribution in [1.29, 1.82) is 0 Å². The molecule has 9 aromatic rings. The van der Waals surface area contributed by atoms with Crippen LogP contribution < -0.4 is 11.1 Å². The molecule has 0 saturated carbocycles. The highest BCUT2D eigenvalue weighted by Crippen LogP contribution is 2.51. The molecule has 0 amide bonds. The van der Waals surface area contributed by atoms with Crippen LogP contribution in [-0.4, -0.2) is 31.8 Å². The van der Waals surface area contributed by atoms with Crippen molar-refractivity contribution in [2.24, 2.45) is 4.99 Å². The molecule has 9 heteroatoms. The minimum absolute atomic E-state index is 0. The summed E-state index contributed by atoms with van der Waals surface area (Å²) in [5.74, 6) is 0. The van der Waals surface area contributed by atoms with Crippen molar-refractivity contribution < 1.29 is 0 Å². The molecule has 1 unspecified atom stereocenters. The Balaban J connectivity index is 0.00000469. The molecule has 4 aromatic heterocycles. The number of allylic oxidation sites excluding steroid dienone is 6. The quantitative estimate of drug-likeness (QED) is 0.161. The van der Waals surface area contributed by atoms with Gasteiger partial charge in [-0.2, -0.15) is 0 Å². The number of rotatable bonds is 7. The smallest absolute Gasteiger partial charge is 0.131 e. The summed E-state index contributed by atoms with van der Waals surface area (Å²) in [5.41, 5.74) is 22.6. The molecule has 2 aliphatic heterocycles. The third kappa shape index (κ3) is 6.69. The fraction of sp³-hybridized carbons (Fsp3) is 0.0536. The first-order valence-corrected chi connectivity index (χ1v) is 23.0. The van der Waals surface area contributed by atoms with E-state index in [1.165, 1.54) is 33.1 Å². The van der Waals surface area contributed by atoms with E-state index in [1.54, 1.807) is 28.9 Å². The van der Waals surface area contributed by atoms with Gasteiger partial charge < -0.3 is 15.6 Å².